The molecule has 0 fully saturated rings. The lowest BCUT2D eigenvalue weighted by atomic mass is 10.3. The van der Waals surface area contributed by atoms with Crippen LogP contribution in [-0.2, 0) is 0 Å². The Morgan fingerprint density at radius 1 is 0.895 bits per heavy atom. The maximum Gasteiger partial charge on any atom is 0.123 e. The number of halogens is 3. The van der Waals surface area contributed by atoms with Gasteiger partial charge in [0.05, 0.1) is 10.7 Å². The lowest BCUT2D eigenvalue weighted by molar-refractivity contribution is 0.628. The molecule has 0 saturated carbocycles. The van der Waals surface area contributed by atoms with Crippen molar-refractivity contribution in [3.8, 4) is 0 Å². The van der Waals surface area contributed by atoms with E-state index in [0.29, 0.717) is 23.1 Å². The zero-order valence-electron chi connectivity index (χ0n) is 10.1. The fourth-order valence-corrected chi connectivity index (χ4v) is 1.96. The fourth-order valence-electron chi connectivity index (χ4n) is 1.60. The van der Waals surface area contributed by atoms with Crippen LogP contribution in [0.5, 0.6) is 0 Å². The summed E-state index contributed by atoms with van der Waals surface area (Å²) in [6.45, 7) is 1.37. The van der Waals surface area contributed by atoms with Gasteiger partial charge in [-0.1, -0.05) is 23.2 Å². The lowest BCUT2D eigenvalue weighted by Crippen LogP contribution is -2.13. The van der Waals surface area contributed by atoms with Gasteiger partial charge in [0.15, 0.2) is 0 Å². The average Bonchev–Trinajstić information content (AvgIpc) is 2.40. The lowest BCUT2D eigenvalue weighted by Gasteiger charge is -2.10. The largest absolute Gasteiger partial charge is 0.383 e. The molecule has 0 aliphatic carbocycles. The molecule has 2 N–H and O–H groups in total. The van der Waals surface area contributed by atoms with E-state index in [2.05, 4.69) is 10.6 Å². The molecule has 2 rings (SSSR count). The Balaban J connectivity index is 1.80. The standard InChI is InChI=1S/C14H13Cl2FN2/c15-10-1-6-13(16)14(9-10)19-8-7-18-12-4-2-11(17)3-5-12/h1-6,9,18-19H,7-8H2. The molecule has 0 aliphatic heterocycles. The minimum Gasteiger partial charge on any atom is -0.383 e. The number of rotatable bonds is 5. The highest BCUT2D eigenvalue weighted by Gasteiger charge is 2.00. The number of hydrogen-bond acceptors (Lipinski definition) is 2. The van der Waals surface area contributed by atoms with E-state index in [1.807, 2.05) is 0 Å². The SMILES string of the molecule is Fc1ccc(NCCNc2cc(Cl)ccc2Cl)cc1. The number of benzene rings is 2. The summed E-state index contributed by atoms with van der Waals surface area (Å²) in [4.78, 5) is 0. The summed E-state index contributed by atoms with van der Waals surface area (Å²) in [6.07, 6.45) is 0. The van der Waals surface area contributed by atoms with Crippen molar-refractivity contribution in [2.75, 3.05) is 23.7 Å². The van der Waals surface area contributed by atoms with Gasteiger partial charge in [-0.05, 0) is 42.5 Å². The topological polar surface area (TPSA) is 24.1 Å². The molecule has 2 nitrogen and oxygen atoms in total. The van der Waals surface area contributed by atoms with E-state index < -0.39 is 0 Å². The van der Waals surface area contributed by atoms with Crippen LogP contribution in [0.25, 0.3) is 0 Å². The first-order chi connectivity index (χ1) is 9.15. The molecule has 2 aromatic rings. The van der Waals surface area contributed by atoms with E-state index in [0.717, 1.165) is 11.4 Å². The van der Waals surface area contributed by atoms with Gasteiger partial charge in [-0.25, -0.2) is 4.39 Å². The molecule has 5 heteroatoms. The number of hydrogen-bond donors (Lipinski definition) is 2. The minimum atomic E-state index is -0.241. The van der Waals surface area contributed by atoms with Gasteiger partial charge in [-0.3, -0.25) is 0 Å². The molecule has 0 amide bonds. The van der Waals surface area contributed by atoms with E-state index in [1.165, 1.54) is 12.1 Å². The van der Waals surface area contributed by atoms with Crippen LogP contribution in [0.3, 0.4) is 0 Å². The van der Waals surface area contributed by atoms with Crippen molar-refractivity contribution in [1.29, 1.82) is 0 Å². The van der Waals surface area contributed by atoms with Crippen molar-refractivity contribution < 1.29 is 4.39 Å². The van der Waals surface area contributed by atoms with Gasteiger partial charge < -0.3 is 10.6 Å². The Labute approximate surface area is 121 Å². The molecule has 0 heterocycles. The van der Waals surface area contributed by atoms with Crippen LogP contribution >= 0.6 is 23.2 Å². The molecular weight excluding hydrogens is 286 g/mol. The summed E-state index contributed by atoms with van der Waals surface area (Å²) in [5.74, 6) is -0.241. The first-order valence-electron chi connectivity index (χ1n) is 5.83. The Kier molecular flexibility index (Phi) is 4.88. The Morgan fingerprint density at radius 2 is 1.58 bits per heavy atom. The van der Waals surface area contributed by atoms with Crippen molar-refractivity contribution in [3.63, 3.8) is 0 Å². The van der Waals surface area contributed by atoms with Crippen LogP contribution in [0.1, 0.15) is 0 Å². The molecule has 0 aliphatic rings. The molecule has 0 atom stereocenters. The van der Waals surface area contributed by atoms with Gasteiger partial charge in [-0.2, -0.15) is 0 Å². The molecule has 0 bridgehead atoms. The quantitative estimate of drug-likeness (QED) is 0.785. The molecule has 0 unspecified atom stereocenters. The van der Waals surface area contributed by atoms with Crippen molar-refractivity contribution in [2.24, 2.45) is 0 Å². The van der Waals surface area contributed by atoms with Crippen LogP contribution in [-0.4, -0.2) is 13.1 Å². The Bertz CT molecular complexity index is 544. The van der Waals surface area contributed by atoms with Crippen molar-refractivity contribution in [3.05, 3.63) is 58.3 Å². The second-order valence-corrected chi connectivity index (χ2v) is 4.83. The predicted octanol–water partition coefficient (Wildman–Crippen LogP) is 4.66. The van der Waals surface area contributed by atoms with E-state index in [4.69, 9.17) is 23.2 Å². The summed E-state index contributed by atoms with van der Waals surface area (Å²) in [5.41, 5.74) is 1.68. The molecule has 0 saturated heterocycles. The van der Waals surface area contributed by atoms with Crippen molar-refractivity contribution in [2.45, 2.75) is 0 Å². The second kappa shape index (κ2) is 6.64. The summed E-state index contributed by atoms with van der Waals surface area (Å²) < 4.78 is 12.7. The highest BCUT2D eigenvalue weighted by Crippen LogP contribution is 2.25. The molecule has 19 heavy (non-hydrogen) atoms. The van der Waals surface area contributed by atoms with Crippen LogP contribution in [0.2, 0.25) is 10.0 Å². The number of anilines is 2. The minimum absolute atomic E-state index is 0.241. The smallest absolute Gasteiger partial charge is 0.123 e. The van der Waals surface area contributed by atoms with Gasteiger partial charge in [0.1, 0.15) is 5.82 Å². The third kappa shape index (κ3) is 4.30. The molecule has 0 aromatic heterocycles. The first kappa shape index (κ1) is 14.0. The normalized spacial score (nSPS) is 10.3. The summed E-state index contributed by atoms with van der Waals surface area (Å²) in [6, 6.07) is 11.5. The van der Waals surface area contributed by atoms with Gasteiger partial charge >= 0.3 is 0 Å². The van der Waals surface area contributed by atoms with E-state index in [1.54, 1.807) is 30.3 Å². The number of nitrogens with one attached hydrogen (secondary N) is 2. The molecule has 100 valence electrons. The van der Waals surface area contributed by atoms with Crippen LogP contribution in [0, 0.1) is 5.82 Å². The first-order valence-corrected chi connectivity index (χ1v) is 6.59. The molecule has 0 spiro atoms. The molecular formula is C14H13Cl2FN2. The van der Waals surface area contributed by atoms with Crippen LogP contribution in [0.15, 0.2) is 42.5 Å². The van der Waals surface area contributed by atoms with Gasteiger partial charge in [0, 0.05) is 23.8 Å². The zero-order chi connectivity index (χ0) is 13.7. The third-order valence-corrected chi connectivity index (χ3v) is 3.11. The third-order valence-electron chi connectivity index (χ3n) is 2.54. The maximum absolute atomic E-state index is 12.7. The fraction of sp³-hybridized carbons (Fsp3) is 0.143. The maximum atomic E-state index is 12.7. The van der Waals surface area contributed by atoms with Crippen molar-refractivity contribution >= 4 is 34.6 Å². The summed E-state index contributed by atoms with van der Waals surface area (Å²) in [5, 5.41) is 7.62. The van der Waals surface area contributed by atoms with E-state index >= 15 is 0 Å². The predicted molar refractivity (Wildman–Crippen MR) is 79.8 cm³/mol. The van der Waals surface area contributed by atoms with Gasteiger partial charge in [0.2, 0.25) is 0 Å². The van der Waals surface area contributed by atoms with E-state index in [9.17, 15) is 4.39 Å². The van der Waals surface area contributed by atoms with Crippen LogP contribution in [0.4, 0.5) is 15.8 Å². The van der Waals surface area contributed by atoms with Crippen LogP contribution < -0.4 is 10.6 Å². The molecule has 0 radical (unpaired) electrons. The van der Waals surface area contributed by atoms with Gasteiger partial charge in [-0.15, -0.1) is 0 Å². The second-order valence-electron chi connectivity index (χ2n) is 3.98. The Hall–Kier alpha value is -1.45. The van der Waals surface area contributed by atoms with Gasteiger partial charge in [0.25, 0.3) is 0 Å². The Morgan fingerprint density at radius 3 is 2.32 bits per heavy atom. The highest BCUT2D eigenvalue weighted by molar-refractivity contribution is 6.35. The zero-order valence-corrected chi connectivity index (χ0v) is 11.6. The average molecular weight is 299 g/mol. The van der Waals surface area contributed by atoms with Crippen molar-refractivity contribution in [1.82, 2.24) is 0 Å². The monoisotopic (exact) mass is 298 g/mol. The summed E-state index contributed by atoms with van der Waals surface area (Å²) >= 11 is 11.9. The highest BCUT2D eigenvalue weighted by atomic mass is 35.5. The summed E-state index contributed by atoms with van der Waals surface area (Å²) in [7, 11) is 0. The molecule has 2 aromatic carbocycles. The van der Waals surface area contributed by atoms with E-state index in [-0.39, 0.29) is 5.82 Å².